The molecule has 0 aliphatic carbocycles. The lowest BCUT2D eigenvalue weighted by molar-refractivity contribution is 0.0759. The summed E-state index contributed by atoms with van der Waals surface area (Å²) in [6.45, 7) is 3.54. The first kappa shape index (κ1) is 11.3. The molecule has 0 fully saturated rings. The van der Waals surface area contributed by atoms with Gasteiger partial charge in [-0.25, -0.2) is 4.98 Å². The molecule has 4 heteroatoms. The molecule has 16 heavy (non-hydrogen) atoms. The third-order valence-electron chi connectivity index (χ3n) is 2.58. The Hall–Kier alpha value is -1.16. The Balaban J connectivity index is 2.20. The summed E-state index contributed by atoms with van der Waals surface area (Å²) in [5, 5.41) is 0. The topological polar surface area (TPSA) is 33.2 Å². The second kappa shape index (κ2) is 4.78. The zero-order valence-corrected chi connectivity index (χ0v) is 10.7. The molecule has 0 N–H and O–H groups in total. The number of halogens is 1. The van der Waals surface area contributed by atoms with E-state index < -0.39 is 0 Å². The van der Waals surface area contributed by atoms with Crippen molar-refractivity contribution in [2.24, 2.45) is 0 Å². The van der Waals surface area contributed by atoms with Gasteiger partial charge >= 0.3 is 0 Å². The summed E-state index contributed by atoms with van der Waals surface area (Å²) >= 11 is 3.35. The molecule has 84 valence electrons. The fourth-order valence-corrected chi connectivity index (χ4v) is 2.20. The van der Waals surface area contributed by atoms with E-state index in [0.717, 1.165) is 17.4 Å². The number of aromatic nitrogens is 1. The minimum atomic E-state index is -0.0000694. The SMILES string of the molecule is CC1=CCCN(C(=O)c2ncccc2Br)C1. The van der Waals surface area contributed by atoms with Gasteiger partial charge in [-0.1, -0.05) is 11.6 Å². The van der Waals surface area contributed by atoms with Gasteiger partial charge in [0, 0.05) is 23.8 Å². The first-order valence-electron chi connectivity index (χ1n) is 5.24. The number of carbonyl (C=O) groups is 1. The molecular weight excluding hydrogens is 268 g/mol. The van der Waals surface area contributed by atoms with E-state index in [-0.39, 0.29) is 5.91 Å². The van der Waals surface area contributed by atoms with Crippen LogP contribution in [0.25, 0.3) is 0 Å². The molecule has 0 atom stereocenters. The van der Waals surface area contributed by atoms with E-state index in [1.165, 1.54) is 5.57 Å². The molecule has 0 saturated carbocycles. The summed E-state index contributed by atoms with van der Waals surface area (Å²) in [7, 11) is 0. The minimum Gasteiger partial charge on any atom is -0.333 e. The van der Waals surface area contributed by atoms with E-state index in [2.05, 4.69) is 27.0 Å². The van der Waals surface area contributed by atoms with Crippen LogP contribution in [-0.4, -0.2) is 28.9 Å². The van der Waals surface area contributed by atoms with Crippen LogP contribution in [0.3, 0.4) is 0 Å². The van der Waals surface area contributed by atoms with Crippen molar-refractivity contribution in [3.63, 3.8) is 0 Å². The second-order valence-electron chi connectivity index (χ2n) is 3.90. The Morgan fingerprint density at radius 2 is 2.38 bits per heavy atom. The largest absolute Gasteiger partial charge is 0.333 e. The van der Waals surface area contributed by atoms with Crippen molar-refractivity contribution in [3.8, 4) is 0 Å². The predicted molar refractivity (Wildman–Crippen MR) is 66.2 cm³/mol. The van der Waals surface area contributed by atoms with Gasteiger partial charge in [0.05, 0.1) is 0 Å². The lowest BCUT2D eigenvalue weighted by Crippen LogP contribution is -2.36. The molecule has 3 nitrogen and oxygen atoms in total. The van der Waals surface area contributed by atoms with Gasteiger partial charge < -0.3 is 4.90 Å². The van der Waals surface area contributed by atoms with Gasteiger partial charge in [-0.2, -0.15) is 0 Å². The highest BCUT2D eigenvalue weighted by Crippen LogP contribution is 2.18. The Morgan fingerprint density at radius 3 is 3.06 bits per heavy atom. The van der Waals surface area contributed by atoms with E-state index in [9.17, 15) is 4.79 Å². The van der Waals surface area contributed by atoms with Crippen molar-refractivity contribution in [1.29, 1.82) is 0 Å². The summed E-state index contributed by atoms with van der Waals surface area (Å²) in [5.41, 5.74) is 1.74. The lowest BCUT2D eigenvalue weighted by Gasteiger charge is -2.26. The smallest absolute Gasteiger partial charge is 0.273 e. The van der Waals surface area contributed by atoms with Crippen molar-refractivity contribution in [1.82, 2.24) is 9.88 Å². The summed E-state index contributed by atoms with van der Waals surface area (Å²) in [6, 6.07) is 3.65. The van der Waals surface area contributed by atoms with Crippen molar-refractivity contribution < 1.29 is 4.79 Å². The normalized spacial score (nSPS) is 15.9. The lowest BCUT2D eigenvalue weighted by atomic mass is 10.1. The maximum absolute atomic E-state index is 12.2. The Morgan fingerprint density at radius 1 is 1.56 bits per heavy atom. The number of hydrogen-bond donors (Lipinski definition) is 0. The molecule has 0 spiro atoms. The van der Waals surface area contributed by atoms with Gasteiger partial charge in [0.2, 0.25) is 0 Å². The molecule has 1 aromatic heterocycles. The highest BCUT2D eigenvalue weighted by molar-refractivity contribution is 9.10. The van der Waals surface area contributed by atoms with Crippen LogP contribution in [0.15, 0.2) is 34.5 Å². The van der Waals surface area contributed by atoms with Gasteiger partial charge in [0.15, 0.2) is 0 Å². The molecule has 0 radical (unpaired) electrons. The third-order valence-corrected chi connectivity index (χ3v) is 3.22. The average molecular weight is 281 g/mol. The number of rotatable bonds is 1. The van der Waals surface area contributed by atoms with Crippen LogP contribution in [0.1, 0.15) is 23.8 Å². The van der Waals surface area contributed by atoms with Crippen LogP contribution >= 0.6 is 15.9 Å². The molecule has 2 rings (SSSR count). The minimum absolute atomic E-state index is 0.0000694. The molecule has 1 amide bonds. The molecule has 0 unspecified atom stereocenters. The highest BCUT2D eigenvalue weighted by Gasteiger charge is 2.20. The van der Waals surface area contributed by atoms with E-state index in [1.807, 2.05) is 24.0 Å². The van der Waals surface area contributed by atoms with E-state index in [4.69, 9.17) is 0 Å². The van der Waals surface area contributed by atoms with Gasteiger partial charge in [-0.3, -0.25) is 4.79 Å². The standard InChI is InChI=1S/C12H13BrN2O/c1-9-4-3-7-15(8-9)12(16)11-10(13)5-2-6-14-11/h2,4-6H,3,7-8H2,1H3. The first-order chi connectivity index (χ1) is 7.68. The second-order valence-corrected chi connectivity index (χ2v) is 4.75. The van der Waals surface area contributed by atoms with Crippen LogP contribution in [-0.2, 0) is 0 Å². The number of nitrogens with zero attached hydrogens (tertiary/aromatic N) is 2. The molecule has 1 aliphatic rings. The zero-order valence-electron chi connectivity index (χ0n) is 9.11. The number of carbonyl (C=O) groups excluding carboxylic acids is 1. The third kappa shape index (κ3) is 2.32. The van der Waals surface area contributed by atoms with Crippen molar-refractivity contribution >= 4 is 21.8 Å². The maximum atomic E-state index is 12.2. The fourth-order valence-electron chi connectivity index (χ4n) is 1.78. The highest BCUT2D eigenvalue weighted by atomic mass is 79.9. The molecule has 1 aromatic rings. The van der Waals surface area contributed by atoms with Gasteiger partial charge in [-0.05, 0) is 41.4 Å². The Labute approximate surface area is 103 Å². The summed E-state index contributed by atoms with van der Waals surface area (Å²) < 4.78 is 0.757. The predicted octanol–water partition coefficient (Wildman–Crippen LogP) is 2.64. The van der Waals surface area contributed by atoms with Crippen LogP contribution in [0.4, 0.5) is 0 Å². The fraction of sp³-hybridized carbons (Fsp3) is 0.333. The first-order valence-corrected chi connectivity index (χ1v) is 6.03. The van der Waals surface area contributed by atoms with E-state index in [0.29, 0.717) is 12.2 Å². The van der Waals surface area contributed by atoms with Crippen molar-refractivity contribution in [2.45, 2.75) is 13.3 Å². The number of hydrogen-bond acceptors (Lipinski definition) is 2. The van der Waals surface area contributed by atoms with Crippen LogP contribution in [0.2, 0.25) is 0 Å². The number of amides is 1. The monoisotopic (exact) mass is 280 g/mol. The Bertz CT molecular complexity index is 442. The van der Waals surface area contributed by atoms with Gasteiger partial charge in [-0.15, -0.1) is 0 Å². The maximum Gasteiger partial charge on any atom is 0.273 e. The van der Waals surface area contributed by atoms with Crippen LogP contribution in [0, 0.1) is 0 Å². The van der Waals surface area contributed by atoms with Crippen molar-refractivity contribution in [3.05, 3.63) is 40.1 Å². The molecule has 1 aliphatic heterocycles. The van der Waals surface area contributed by atoms with Crippen LogP contribution < -0.4 is 0 Å². The van der Waals surface area contributed by atoms with E-state index >= 15 is 0 Å². The number of pyridine rings is 1. The van der Waals surface area contributed by atoms with Crippen molar-refractivity contribution in [2.75, 3.05) is 13.1 Å². The molecule has 0 saturated heterocycles. The summed E-state index contributed by atoms with van der Waals surface area (Å²) in [4.78, 5) is 18.1. The van der Waals surface area contributed by atoms with Crippen LogP contribution in [0.5, 0.6) is 0 Å². The zero-order chi connectivity index (χ0) is 11.5. The average Bonchev–Trinajstić information content (AvgIpc) is 2.29. The molecule has 2 heterocycles. The van der Waals surface area contributed by atoms with E-state index in [1.54, 1.807) is 6.20 Å². The van der Waals surface area contributed by atoms with Gasteiger partial charge in [0.1, 0.15) is 5.69 Å². The summed E-state index contributed by atoms with van der Waals surface area (Å²) in [5.74, 6) is -0.0000694. The molecular formula is C12H13BrN2O. The molecule has 0 aromatic carbocycles. The molecule has 0 bridgehead atoms. The quantitative estimate of drug-likeness (QED) is 0.741. The van der Waals surface area contributed by atoms with Gasteiger partial charge in [0.25, 0.3) is 5.91 Å². The summed E-state index contributed by atoms with van der Waals surface area (Å²) in [6.07, 6.45) is 4.75. The Kier molecular flexibility index (Phi) is 3.39.